The standard InChI is InChI=1S/C24H35NO3/c1-14-18(15(2)28-25-14)13-19-16-11-12-24(6)20(17(16)7-9-21(19)26)8-10-22(24)27-23(3,4)5/h17,20,22H,7-13H2,1-6H3/t17?,20-,22+,24?/m0/s1. The summed E-state index contributed by atoms with van der Waals surface area (Å²) in [7, 11) is 0. The maximum atomic E-state index is 12.9. The number of aromatic nitrogens is 1. The zero-order valence-electron chi connectivity index (χ0n) is 18.4. The van der Waals surface area contributed by atoms with E-state index in [0.29, 0.717) is 36.6 Å². The van der Waals surface area contributed by atoms with Crippen LogP contribution in [0.3, 0.4) is 0 Å². The molecule has 28 heavy (non-hydrogen) atoms. The Kier molecular flexibility index (Phi) is 4.85. The molecule has 4 nitrogen and oxygen atoms in total. The molecule has 3 aliphatic carbocycles. The van der Waals surface area contributed by atoms with Crippen LogP contribution >= 0.6 is 0 Å². The molecule has 2 saturated carbocycles. The molecular formula is C24H35NO3. The molecule has 2 fully saturated rings. The third kappa shape index (κ3) is 3.28. The molecule has 1 heterocycles. The average Bonchev–Trinajstić information content (AvgIpc) is 3.09. The Morgan fingerprint density at radius 2 is 1.93 bits per heavy atom. The fourth-order valence-electron chi connectivity index (χ4n) is 6.20. The van der Waals surface area contributed by atoms with Gasteiger partial charge in [-0.05, 0) is 89.5 Å². The monoisotopic (exact) mass is 385 g/mol. The molecule has 0 N–H and O–H groups in total. The van der Waals surface area contributed by atoms with E-state index in [4.69, 9.17) is 9.26 Å². The molecule has 0 amide bonds. The number of hydrogen-bond acceptors (Lipinski definition) is 4. The minimum absolute atomic E-state index is 0.101. The first kappa shape index (κ1) is 19.9. The largest absolute Gasteiger partial charge is 0.372 e. The van der Waals surface area contributed by atoms with Gasteiger partial charge in [-0.25, -0.2) is 0 Å². The number of carbonyl (C=O) groups is 1. The summed E-state index contributed by atoms with van der Waals surface area (Å²) in [4.78, 5) is 12.9. The first-order valence-corrected chi connectivity index (χ1v) is 10.9. The minimum atomic E-state index is -0.101. The number of Topliss-reactive ketones (excluding diaryl/α,β-unsaturated/α-hetero) is 1. The maximum absolute atomic E-state index is 12.9. The lowest BCUT2D eigenvalue weighted by Gasteiger charge is -2.49. The highest BCUT2D eigenvalue weighted by molar-refractivity contribution is 5.97. The molecule has 0 saturated heterocycles. The van der Waals surface area contributed by atoms with Crippen molar-refractivity contribution in [3.8, 4) is 0 Å². The Balaban J connectivity index is 1.65. The first-order chi connectivity index (χ1) is 13.1. The van der Waals surface area contributed by atoms with Crippen molar-refractivity contribution in [2.45, 2.75) is 98.2 Å². The summed E-state index contributed by atoms with van der Waals surface area (Å²) in [6.45, 7) is 12.9. The summed E-state index contributed by atoms with van der Waals surface area (Å²) in [5.41, 5.74) is 4.65. The van der Waals surface area contributed by atoms with Crippen LogP contribution in [0.1, 0.15) is 83.2 Å². The maximum Gasteiger partial charge on any atom is 0.159 e. The van der Waals surface area contributed by atoms with Crippen molar-refractivity contribution in [2.75, 3.05) is 0 Å². The van der Waals surface area contributed by atoms with Gasteiger partial charge in [0.2, 0.25) is 0 Å². The van der Waals surface area contributed by atoms with Crippen molar-refractivity contribution >= 4 is 5.78 Å². The molecule has 0 aromatic carbocycles. The summed E-state index contributed by atoms with van der Waals surface area (Å²) < 4.78 is 11.9. The van der Waals surface area contributed by atoms with Crippen molar-refractivity contribution in [3.63, 3.8) is 0 Å². The van der Waals surface area contributed by atoms with Crippen molar-refractivity contribution < 1.29 is 14.1 Å². The van der Waals surface area contributed by atoms with Crippen molar-refractivity contribution in [1.82, 2.24) is 5.16 Å². The molecule has 0 aliphatic heterocycles. The highest BCUT2D eigenvalue weighted by Crippen LogP contribution is 2.60. The van der Waals surface area contributed by atoms with Crippen LogP contribution in [-0.2, 0) is 16.0 Å². The van der Waals surface area contributed by atoms with Crippen LogP contribution in [0.25, 0.3) is 0 Å². The second kappa shape index (κ2) is 6.83. The molecule has 154 valence electrons. The van der Waals surface area contributed by atoms with Crippen LogP contribution in [0, 0.1) is 31.1 Å². The normalized spacial score (nSPS) is 33.2. The lowest BCUT2D eigenvalue weighted by Crippen LogP contribution is -2.45. The number of fused-ring (bicyclic) bond motifs is 3. The minimum Gasteiger partial charge on any atom is -0.372 e. The highest BCUT2D eigenvalue weighted by atomic mass is 16.5. The number of allylic oxidation sites excluding steroid dienone is 2. The van der Waals surface area contributed by atoms with Crippen LogP contribution in [0.15, 0.2) is 15.7 Å². The van der Waals surface area contributed by atoms with Gasteiger partial charge in [0.25, 0.3) is 0 Å². The number of nitrogens with zero attached hydrogens (tertiary/aromatic N) is 1. The summed E-state index contributed by atoms with van der Waals surface area (Å²) in [5.74, 6) is 2.37. The second-order valence-electron chi connectivity index (χ2n) is 10.5. The predicted molar refractivity (Wildman–Crippen MR) is 109 cm³/mol. The summed E-state index contributed by atoms with van der Waals surface area (Å²) in [6.07, 6.45) is 7.26. The van der Waals surface area contributed by atoms with E-state index in [2.05, 4.69) is 32.9 Å². The zero-order chi connectivity index (χ0) is 20.3. The molecule has 2 unspecified atom stereocenters. The highest BCUT2D eigenvalue weighted by Gasteiger charge is 2.55. The van der Waals surface area contributed by atoms with E-state index >= 15 is 0 Å². The quantitative estimate of drug-likeness (QED) is 0.689. The number of ketones is 1. The Bertz CT molecular complexity index is 793. The number of hydrogen-bond donors (Lipinski definition) is 0. The van der Waals surface area contributed by atoms with Crippen molar-refractivity contribution in [1.29, 1.82) is 0 Å². The lowest BCUT2D eigenvalue weighted by atomic mass is 9.58. The van der Waals surface area contributed by atoms with Gasteiger partial charge >= 0.3 is 0 Å². The molecule has 3 aliphatic rings. The van der Waals surface area contributed by atoms with Gasteiger partial charge in [0.05, 0.1) is 17.4 Å². The van der Waals surface area contributed by atoms with Gasteiger partial charge < -0.3 is 9.26 Å². The molecule has 0 bridgehead atoms. The molecule has 0 spiro atoms. The van der Waals surface area contributed by atoms with Gasteiger partial charge in [-0.1, -0.05) is 17.7 Å². The Morgan fingerprint density at radius 1 is 1.18 bits per heavy atom. The van der Waals surface area contributed by atoms with Gasteiger partial charge in [-0.15, -0.1) is 0 Å². The SMILES string of the molecule is Cc1noc(C)c1CC1=C2CCC3(C)[C@H](OC(C)(C)C)CC[C@H]3C2CCC1=O. The third-order valence-corrected chi connectivity index (χ3v) is 7.63. The molecule has 0 radical (unpaired) electrons. The van der Waals surface area contributed by atoms with E-state index in [1.54, 1.807) is 0 Å². The van der Waals surface area contributed by atoms with Gasteiger partial charge in [0.1, 0.15) is 5.76 Å². The Labute approximate surface area is 169 Å². The molecule has 4 atom stereocenters. The summed E-state index contributed by atoms with van der Waals surface area (Å²) in [6, 6.07) is 0. The number of aryl methyl sites for hydroxylation is 2. The lowest BCUT2D eigenvalue weighted by molar-refractivity contribution is -0.122. The first-order valence-electron chi connectivity index (χ1n) is 10.9. The van der Waals surface area contributed by atoms with E-state index < -0.39 is 0 Å². The third-order valence-electron chi connectivity index (χ3n) is 7.63. The number of carbonyl (C=O) groups excluding carboxylic acids is 1. The van der Waals surface area contributed by atoms with E-state index in [1.807, 2.05) is 13.8 Å². The Hall–Kier alpha value is -1.42. The van der Waals surface area contributed by atoms with Gasteiger partial charge in [0.15, 0.2) is 5.78 Å². The van der Waals surface area contributed by atoms with Crippen molar-refractivity contribution in [3.05, 3.63) is 28.2 Å². The van der Waals surface area contributed by atoms with E-state index in [0.717, 1.165) is 48.3 Å². The van der Waals surface area contributed by atoms with Gasteiger partial charge in [-0.3, -0.25) is 4.79 Å². The number of rotatable bonds is 3. The topological polar surface area (TPSA) is 52.3 Å². The molecule has 4 heteroatoms. The molecule has 4 rings (SSSR count). The van der Waals surface area contributed by atoms with Gasteiger partial charge in [-0.2, -0.15) is 0 Å². The second-order valence-corrected chi connectivity index (χ2v) is 10.5. The average molecular weight is 386 g/mol. The van der Waals surface area contributed by atoms with Crippen LogP contribution in [0.4, 0.5) is 0 Å². The molecule has 1 aromatic rings. The fraction of sp³-hybridized carbons (Fsp3) is 0.750. The fourth-order valence-corrected chi connectivity index (χ4v) is 6.20. The van der Waals surface area contributed by atoms with E-state index in [9.17, 15) is 4.79 Å². The van der Waals surface area contributed by atoms with Crippen LogP contribution in [-0.4, -0.2) is 22.6 Å². The van der Waals surface area contributed by atoms with Crippen molar-refractivity contribution in [2.24, 2.45) is 17.3 Å². The van der Waals surface area contributed by atoms with Gasteiger partial charge in [0, 0.05) is 18.4 Å². The van der Waals surface area contributed by atoms with Crippen LogP contribution < -0.4 is 0 Å². The predicted octanol–water partition coefficient (Wildman–Crippen LogP) is 5.50. The van der Waals surface area contributed by atoms with E-state index in [1.165, 1.54) is 12.0 Å². The summed E-state index contributed by atoms with van der Waals surface area (Å²) in [5, 5.41) is 4.09. The Morgan fingerprint density at radius 3 is 2.57 bits per heavy atom. The number of ether oxygens (including phenoxy) is 1. The van der Waals surface area contributed by atoms with E-state index in [-0.39, 0.29) is 11.0 Å². The summed E-state index contributed by atoms with van der Waals surface area (Å²) >= 11 is 0. The zero-order valence-corrected chi connectivity index (χ0v) is 18.4. The smallest absolute Gasteiger partial charge is 0.159 e. The molecular weight excluding hydrogens is 350 g/mol. The van der Waals surface area contributed by atoms with Crippen LogP contribution in [0.5, 0.6) is 0 Å². The molecule has 1 aromatic heterocycles. The van der Waals surface area contributed by atoms with Crippen LogP contribution in [0.2, 0.25) is 0 Å².